The number of ether oxygens (including phenoxy) is 1. The fourth-order valence-corrected chi connectivity index (χ4v) is 2.70. The SMILES string of the molecule is COc1cc(CN[C@@H]2CCc3ccc(F)cc32)ccn1. The van der Waals surface area contributed by atoms with Crippen LogP contribution in [-0.2, 0) is 13.0 Å². The summed E-state index contributed by atoms with van der Waals surface area (Å²) >= 11 is 0. The van der Waals surface area contributed by atoms with Gasteiger partial charge in [0, 0.05) is 24.8 Å². The van der Waals surface area contributed by atoms with Crippen LogP contribution in [-0.4, -0.2) is 12.1 Å². The topological polar surface area (TPSA) is 34.1 Å². The zero-order valence-corrected chi connectivity index (χ0v) is 11.4. The molecule has 4 heteroatoms. The van der Waals surface area contributed by atoms with Gasteiger partial charge in [-0.15, -0.1) is 0 Å². The molecule has 0 saturated carbocycles. The maximum Gasteiger partial charge on any atom is 0.213 e. The van der Waals surface area contributed by atoms with Gasteiger partial charge in [0.15, 0.2) is 0 Å². The van der Waals surface area contributed by atoms with Gasteiger partial charge >= 0.3 is 0 Å². The number of hydrogen-bond acceptors (Lipinski definition) is 3. The molecule has 0 bridgehead atoms. The third kappa shape index (κ3) is 2.65. The highest BCUT2D eigenvalue weighted by molar-refractivity contribution is 5.35. The largest absolute Gasteiger partial charge is 0.481 e. The molecule has 0 radical (unpaired) electrons. The Hall–Kier alpha value is -1.94. The van der Waals surface area contributed by atoms with E-state index in [2.05, 4.69) is 10.3 Å². The molecule has 104 valence electrons. The maximum absolute atomic E-state index is 13.3. The van der Waals surface area contributed by atoms with Crippen molar-refractivity contribution in [3.05, 3.63) is 59.0 Å². The number of halogens is 1. The van der Waals surface area contributed by atoms with Crippen LogP contribution in [0.3, 0.4) is 0 Å². The van der Waals surface area contributed by atoms with E-state index in [0.717, 1.165) is 30.5 Å². The van der Waals surface area contributed by atoms with Gasteiger partial charge in [0.25, 0.3) is 0 Å². The number of rotatable bonds is 4. The number of benzene rings is 1. The first-order chi connectivity index (χ1) is 9.76. The molecular weight excluding hydrogens is 255 g/mol. The molecule has 2 aromatic rings. The van der Waals surface area contributed by atoms with Crippen LogP contribution in [0, 0.1) is 5.82 Å². The van der Waals surface area contributed by atoms with Gasteiger partial charge in [0.1, 0.15) is 5.82 Å². The summed E-state index contributed by atoms with van der Waals surface area (Å²) in [6.45, 7) is 0.722. The summed E-state index contributed by atoms with van der Waals surface area (Å²) in [5, 5.41) is 3.48. The van der Waals surface area contributed by atoms with Crippen molar-refractivity contribution in [3.63, 3.8) is 0 Å². The molecule has 1 N–H and O–H groups in total. The zero-order valence-electron chi connectivity index (χ0n) is 11.4. The smallest absolute Gasteiger partial charge is 0.213 e. The van der Waals surface area contributed by atoms with Crippen LogP contribution in [0.5, 0.6) is 5.88 Å². The molecule has 0 unspecified atom stereocenters. The molecule has 0 aliphatic heterocycles. The maximum atomic E-state index is 13.3. The lowest BCUT2D eigenvalue weighted by Crippen LogP contribution is -2.18. The van der Waals surface area contributed by atoms with Crippen molar-refractivity contribution in [1.82, 2.24) is 10.3 Å². The number of aromatic nitrogens is 1. The number of hydrogen-bond donors (Lipinski definition) is 1. The van der Waals surface area contributed by atoms with Crippen molar-refractivity contribution in [1.29, 1.82) is 0 Å². The van der Waals surface area contributed by atoms with Gasteiger partial charge in [0.2, 0.25) is 5.88 Å². The summed E-state index contributed by atoms with van der Waals surface area (Å²) < 4.78 is 18.5. The van der Waals surface area contributed by atoms with E-state index in [-0.39, 0.29) is 11.9 Å². The van der Waals surface area contributed by atoms with E-state index >= 15 is 0 Å². The van der Waals surface area contributed by atoms with E-state index in [4.69, 9.17) is 4.74 Å². The second-order valence-corrected chi connectivity index (χ2v) is 5.02. The van der Waals surface area contributed by atoms with E-state index in [1.165, 1.54) is 11.6 Å². The van der Waals surface area contributed by atoms with Gasteiger partial charge in [-0.2, -0.15) is 0 Å². The first-order valence-corrected chi connectivity index (χ1v) is 6.77. The van der Waals surface area contributed by atoms with E-state index in [0.29, 0.717) is 5.88 Å². The lowest BCUT2D eigenvalue weighted by atomic mass is 10.1. The van der Waals surface area contributed by atoms with Crippen molar-refractivity contribution in [2.24, 2.45) is 0 Å². The van der Waals surface area contributed by atoms with Gasteiger partial charge < -0.3 is 10.1 Å². The Morgan fingerprint density at radius 2 is 2.25 bits per heavy atom. The highest BCUT2D eigenvalue weighted by Crippen LogP contribution is 2.31. The lowest BCUT2D eigenvalue weighted by Gasteiger charge is -2.14. The van der Waals surface area contributed by atoms with Gasteiger partial charge in [-0.1, -0.05) is 6.07 Å². The fourth-order valence-electron chi connectivity index (χ4n) is 2.70. The molecule has 3 nitrogen and oxygen atoms in total. The summed E-state index contributed by atoms with van der Waals surface area (Å²) in [7, 11) is 1.61. The molecule has 1 atom stereocenters. The Labute approximate surface area is 117 Å². The minimum Gasteiger partial charge on any atom is -0.481 e. The van der Waals surface area contributed by atoms with Crippen molar-refractivity contribution in [2.45, 2.75) is 25.4 Å². The molecule has 1 heterocycles. The summed E-state index contributed by atoms with van der Waals surface area (Å²) in [6.07, 6.45) is 3.76. The molecule has 1 aromatic carbocycles. The molecule has 0 spiro atoms. The highest BCUT2D eigenvalue weighted by Gasteiger charge is 2.22. The minimum absolute atomic E-state index is 0.164. The summed E-state index contributed by atoms with van der Waals surface area (Å²) in [6, 6.07) is 9.16. The number of methoxy groups -OCH3 is 1. The van der Waals surface area contributed by atoms with Gasteiger partial charge in [-0.3, -0.25) is 0 Å². The third-order valence-electron chi connectivity index (χ3n) is 3.75. The number of nitrogens with one attached hydrogen (secondary N) is 1. The van der Waals surface area contributed by atoms with E-state index < -0.39 is 0 Å². The Morgan fingerprint density at radius 3 is 3.10 bits per heavy atom. The van der Waals surface area contributed by atoms with Crippen molar-refractivity contribution < 1.29 is 9.13 Å². The predicted molar refractivity (Wildman–Crippen MR) is 75.1 cm³/mol. The average Bonchev–Trinajstić information content (AvgIpc) is 2.87. The van der Waals surface area contributed by atoms with Crippen LogP contribution < -0.4 is 10.1 Å². The standard InChI is InChI=1S/C16H17FN2O/c1-20-16-8-11(6-7-18-16)10-19-15-5-3-12-2-4-13(17)9-14(12)15/h2,4,6-9,15,19H,3,5,10H2,1H3/t15-/m1/s1. The summed E-state index contributed by atoms with van der Waals surface area (Å²) in [5.41, 5.74) is 3.45. The second kappa shape index (κ2) is 5.59. The zero-order chi connectivity index (χ0) is 13.9. The van der Waals surface area contributed by atoms with Crippen LogP contribution in [0.15, 0.2) is 36.5 Å². The van der Waals surface area contributed by atoms with E-state index in [9.17, 15) is 4.39 Å². The van der Waals surface area contributed by atoms with Gasteiger partial charge in [0.05, 0.1) is 7.11 Å². The lowest BCUT2D eigenvalue weighted by molar-refractivity contribution is 0.396. The molecule has 1 aliphatic carbocycles. The quantitative estimate of drug-likeness (QED) is 0.929. The molecule has 1 aromatic heterocycles. The first-order valence-electron chi connectivity index (χ1n) is 6.77. The van der Waals surface area contributed by atoms with Crippen LogP contribution in [0.1, 0.15) is 29.2 Å². The van der Waals surface area contributed by atoms with Crippen LogP contribution in [0.25, 0.3) is 0 Å². The van der Waals surface area contributed by atoms with E-state index in [1.807, 2.05) is 18.2 Å². The Kier molecular flexibility index (Phi) is 3.65. The summed E-state index contributed by atoms with van der Waals surface area (Å²) in [5.74, 6) is 0.449. The molecular formula is C16H17FN2O. The van der Waals surface area contributed by atoms with Crippen molar-refractivity contribution in [2.75, 3.05) is 7.11 Å². The van der Waals surface area contributed by atoms with Crippen molar-refractivity contribution >= 4 is 0 Å². The van der Waals surface area contributed by atoms with Crippen LogP contribution in [0.2, 0.25) is 0 Å². The Balaban J connectivity index is 1.70. The molecule has 3 rings (SSSR count). The predicted octanol–water partition coefficient (Wildman–Crippen LogP) is 3.01. The molecule has 1 aliphatic rings. The van der Waals surface area contributed by atoms with Gasteiger partial charge in [-0.25, -0.2) is 9.37 Å². The normalized spacial score (nSPS) is 17.0. The van der Waals surface area contributed by atoms with Gasteiger partial charge in [-0.05, 0) is 47.7 Å². The number of nitrogens with zero attached hydrogens (tertiary/aromatic N) is 1. The monoisotopic (exact) mass is 272 g/mol. The van der Waals surface area contributed by atoms with Crippen molar-refractivity contribution in [3.8, 4) is 5.88 Å². The highest BCUT2D eigenvalue weighted by atomic mass is 19.1. The fraction of sp³-hybridized carbons (Fsp3) is 0.312. The summed E-state index contributed by atoms with van der Waals surface area (Å²) in [4.78, 5) is 4.09. The van der Waals surface area contributed by atoms with Crippen LogP contribution in [0.4, 0.5) is 4.39 Å². The molecule has 0 fully saturated rings. The number of aryl methyl sites for hydroxylation is 1. The first kappa shape index (κ1) is 13.1. The molecule has 0 saturated heterocycles. The van der Waals surface area contributed by atoms with E-state index in [1.54, 1.807) is 19.4 Å². The third-order valence-corrected chi connectivity index (χ3v) is 3.75. The number of pyridine rings is 1. The second-order valence-electron chi connectivity index (χ2n) is 5.02. The number of fused-ring (bicyclic) bond motifs is 1. The molecule has 20 heavy (non-hydrogen) atoms. The Morgan fingerprint density at radius 1 is 1.35 bits per heavy atom. The van der Waals surface area contributed by atoms with Crippen LogP contribution >= 0.6 is 0 Å². The average molecular weight is 272 g/mol. The minimum atomic E-state index is -0.164. The molecule has 0 amide bonds. The Bertz CT molecular complexity index is 615.